The number of carbonyl (C=O) groups excluding carboxylic acids is 1. The third-order valence-corrected chi connectivity index (χ3v) is 7.77. The van der Waals surface area contributed by atoms with Crippen LogP contribution in [0.1, 0.15) is 70.1 Å². The maximum absolute atomic E-state index is 13.8. The molecule has 0 unspecified atom stereocenters. The normalized spacial score (nSPS) is 21.8. The van der Waals surface area contributed by atoms with Crippen LogP contribution in [0, 0.1) is 11.6 Å². The summed E-state index contributed by atoms with van der Waals surface area (Å²) in [6.07, 6.45) is 2.62. The van der Waals surface area contributed by atoms with Gasteiger partial charge in [-0.15, -0.1) is 0 Å². The average Bonchev–Trinajstić information content (AvgIpc) is 2.85. The maximum Gasteiger partial charge on any atom is 0.217 e. The van der Waals surface area contributed by atoms with Crippen molar-refractivity contribution in [3.05, 3.63) is 70.8 Å². The van der Waals surface area contributed by atoms with Crippen LogP contribution in [-0.4, -0.2) is 55.0 Å². The van der Waals surface area contributed by atoms with Crippen LogP contribution in [0.15, 0.2) is 42.5 Å². The molecule has 8 heteroatoms. The predicted octanol–water partition coefficient (Wildman–Crippen LogP) is 4.59. The molecule has 1 aliphatic carbocycles. The molecule has 2 aromatic carbocycles. The first kappa shape index (κ1) is 30.2. The van der Waals surface area contributed by atoms with E-state index in [4.69, 9.17) is 4.84 Å². The summed E-state index contributed by atoms with van der Waals surface area (Å²) in [6, 6.07) is 11.5. The van der Waals surface area contributed by atoms with Crippen molar-refractivity contribution in [3.63, 3.8) is 0 Å². The Kier molecular flexibility index (Phi) is 10.0. The van der Waals surface area contributed by atoms with Crippen molar-refractivity contribution in [2.45, 2.75) is 88.9 Å². The number of nitrogens with zero attached hydrogens (tertiary/aromatic N) is 1. The minimum absolute atomic E-state index is 0.0130. The third kappa shape index (κ3) is 7.82. The van der Waals surface area contributed by atoms with E-state index in [1.54, 1.807) is 7.11 Å². The van der Waals surface area contributed by atoms with Crippen LogP contribution in [0.2, 0.25) is 0 Å². The second-order valence-electron chi connectivity index (χ2n) is 11.6. The molecule has 0 spiro atoms. The van der Waals surface area contributed by atoms with Crippen LogP contribution in [0.25, 0.3) is 0 Å². The van der Waals surface area contributed by atoms with Crippen molar-refractivity contribution in [1.29, 1.82) is 0 Å². The van der Waals surface area contributed by atoms with Gasteiger partial charge in [-0.05, 0) is 66.3 Å². The largest absolute Gasteiger partial charge is 0.390 e. The molecule has 2 atom stereocenters. The molecule has 38 heavy (non-hydrogen) atoms. The number of carbonyl (C=O) groups is 1. The van der Waals surface area contributed by atoms with E-state index >= 15 is 0 Å². The molecule has 0 radical (unpaired) electrons. The Hall–Kier alpha value is -2.39. The predicted molar refractivity (Wildman–Crippen MR) is 146 cm³/mol. The molecule has 210 valence electrons. The lowest BCUT2D eigenvalue weighted by Gasteiger charge is -2.44. The van der Waals surface area contributed by atoms with Crippen LogP contribution in [0.3, 0.4) is 0 Å². The molecule has 0 aromatic heterocycles. The number of halogens is 2. The summed E-state index contributed by atoms with van der Waals surface area (Å²) >= 11 is 0. The molecule has 1 amide bonds. The molecule has 3 N–H and O–H groups in total. The molecule has 6 nitrogen and oxygen atoms in total. The van der Waals surface area contributed by atoms with E-state index < -0.39 is 23.8 Å². The molecular formula is C30H43F2N3O3. The van der Waals surface area contributed by atoms with Gasteiger partial charge in [-0.1, -0.05) is 45.0 Å². The summed E-state index contributed by atoms with van der Waals surface area (Å²) in [5, 5.41) is 19.5. The molecule has 3 rings (SSSR count). The molecule has 1 fully saturated rings. The van der Waals surface area contributed by atoms with E-state index in [2.05, 4.69) is 55.7 Å². The van der Waals surface area contributed by atoms with Crippen molar-refractivity contribution < 1.29 is 23.5 Å². The zero-order valence-electron chi connectivity index (χ0n) is 23.5. The quantitative estimate of drug-likeness (QED) is 0.391. The van der Waals surface area contributed by atoms with Gasteiger partial charge in [0.15, 0.2) is 0 Å². The number of hydrogen-bond donors (Lipinski definition) is 3. The summed E-state index contributed by atoms with van der Waals surface area (Å²) in [6.45, 7) is 8.13. The van der Waals surface area contributed by atoms with Gasteiger partial charge in [-0.25, -0.2) is 8.78 Å². The van der Waals surface area contributed by atoms with Crippen LogP contribution < -0.4 is 10.6 Å². The molecule has 0 bridgehead atoms. The highest BCUT2D eigenvalue weighted by atomic mass is 19.1. The van der Waals surface area contributed by atoms with Gasteiger partial charge in [0.1, 0.15) is 11.6 Å². The SMILES string of the molecule is CON(C)C1CCC(NC[C@@H](O)[C@H](Cc2cc(F)cc(F)c2)NC(C)=O)(c2cccc(C(C)(C)C)c2)CC1. The Morgan fingerprint density at radius 2 is 1.79 bits per heavy atom. The fourth-order valence-corrected chi connectivity index (χ4v) is 5.43. The Balaban J connectivity index is 1.85. The number of amides is 1. The van der Waals surface area contributed by atoms with Gasteiger partial charge < -0.3 is 20.6 Å². The lowest BCUT2D eigenvalue weighted by Crippen LogP contribution is -2.54. The third-order valence-electron chi connectivity index (χ3n) is 7.77. The lowest BCUT2D eigenvalue weighted by molar-refractivity contribution is -0.151. The minimum atomic E-state index is -0.979. The standard InChI is InChI=1S/C30H43F2N3O3/c1-20(36)34-27(16-21-14-24(31)18-25(32)15-21)28(37)19-33-30(12-10-26(11-13-30)35(5)38-6)23-9-7-8-22(17-23)29(2,3)4/h7-9,14-15,17-18,26-28,33,37H,10-13,16,19H2,1-6H3,(H,34,36)/t26?,27-,28+,30?/m0/s1. The van der Waals surface area contributed by atoms with E-state index in [1.165, 1.54) is 30.2 Å². The Morgan fingerprint density at radius 3 is 2.34 bits per heavy atom. The number of nitrogens with one attached hydrogen (secondary N) is 2. The first-order valence-corrected chi connectivity index (χ1v) is 13.4. The number of aliphatic hydroxyl groups excluding tert-OH is 1. The van der Waals surface area contributed by atoms with Gasteiger partial charge in [-0.3, -0.25) is 4.79 Å². The van der Waals surface area contributed by atoms with Crippen LogP contribution in [0.4, 0.5) is 8.78 Å². The van der Waals surface area contributed by atoms with E-state index in [0.717, 1.165) is 31.7 Å². The highest BCUT2D eigenvalue weighted by Crippen LogP contribution is 2.40. The molecule has 0 saturated heterocycles. The van der Waals surface area contributed by atoms with E-state index in [1.807, 2.05) is 12.1 Å². The van der Waals surface area contributed by atoms with Crippen LogP contribution in [0.5, 0.6) is 0 Å². The van der Waals surface area contributed by atoms with Gasteiger partial charge in [0, 0.05) is 38.2 Å². The Morgan fingerprint density at radius 1 is 1.16 bits per heavy atom. The number of aliphatic hydroxyl groups is 1. The van der Waals surface area contributed by atoms with Crippen molar-refractivity contribution in [3.8, 4) is 0 Å². The lowest BCUT2D eigenvalue weighted by atomic mass is 9.73. The minimum Gasteiger partial charge on any atom is -0.390 e. The van der Waals surface area contributed by atoms with E-state index in [0.29, 0.717) is 11.6 Å². The van der Waals surface area contributed by atoms with Crippen molar-refractivity contribution in [1.82, 2.24) is 15.7 Å². The number of hydrogen-bond acceptors (Lipinski definition) is 5. The Bertz CT molecular complexity index is 1060. The zero-order valence-corrected chi connectivity index (χ0v) is 23.5. The van der Waals surface area contributed by atoms with E-state index in [-0.39, 0.29) is 29.8 Å². The topological polar surface area (TPSA) is 73.8 Å². The summed E-state index contributed by atoms with van der Waals surface area (Å²) < 4.78 is 27.6. The zero-order chi connectivity index (χ0) is 28.1. The monoisotopic (exact) mass is 531 g/mol. The van der Waals surface area contributed by atoms with Crippen molar-refractivity contribution >= 4 is 5.91 Å². The summed E-state index contributed by atoms with van der Waals surface area (Å²) in [5.41, 5.74) is 2.38. The van der Waals surface area contributed by atoms with Gasteiger partial charge in [-0.2, -0.15) is 5.06 Å². The van der Waals surface area contributed by atoms with Crippen molar-refractivity contribution in [2.75, 3.05) is 20.7 Å². The number of benzene rings is 2. The summed E-state index contributed by atoms with van der Waals surface area (Å²) in [7, 11) is 3.62. The van der Waals surface area contributed by atoms with Gasteiger partial charge in [0.2, 0.25) is 5.91 Å². The van der Waals surface area contributed by atoms with Gasteiger partial charge >= 0.3 is 0 Å². The highest BCUT2D eigenvalue weighted by molar-refractivity contribution is 5.73. The molecular weight excluding hydrogens is 488 g/mol. The molecule has 0 heterocycles. The van der Waals surface area contributed by atoms with E-state index in [9.17, 15) is 18.7 Å². The van der Waals surface area contributed by atoms with Crippen LogP contribution >= 0.6 is 0 Å². The van der Waals surface area contributed by atoms with Gasteiger partial charge in [0.25, 0.3) is 0 Å². The second-order valence-corrected chi connectivity index (χ2v) is 11.6. The maximum atomic E-state index is 13.8. The number of hydroxylamine groups is 2. The highest BCUT2D eigenvalue weighted by Gasteiger charge is 2.39. The smallest absolute Gasteiger partial charge is 0.217 e. The summed E-state index contributed by atoms with van der Waals surface area (Å²) in [5.74, 6) is -1.70. The fourth-order valence-electron chi connectivity index (χ4n) is 5.43. The summed E-state index contributed by atoms with van der Waals surface area (Å²) in [4.78, 5) is 17.4. The average molecular weight is 532 g/mol. The molecule has 2 aromatic rings. The molecule has 0 aliphatic heterocycles. The first-order chi connectivity index (χ1) is 17.8. The first-order valence-electron chi connectivity index (χ1n) is 13.4. The van der Waals surface area contributed by atoms with Crippen LogP contribution in [-0.2, 0) is 27.0 Å². The molecule has 1 saturated carbocycles. The number of rotatable bonds is 10. The second kappa shape index (κ2) is 12.6. The van der Waals surface area contributed by atoms with Crippen molar-refractivity contribution in [2.24, 2.45) is 0 Å². The molecule has 1 aliphatic rings. The van der Waals surface area contributed by atoms with Gasteiger partial charge in [0.05, 0.1) is 19.3 Å². The Labute approximate surface area is 225 Å². The fraction of sp³-hybridized carbons (Fsp3) is 0.567.